The van der Waals surface area contributed by atoms with Crippen LogP contribution in [0.4, 0.5) is 0 Å². The molecule has 7 heteroatoms. The Labute approximate surface area is 226 Å². The molecule has 186 valence electrons. The van der Waals surface area contributed by atoms with Crippen LogP contribution in [0.25, 0.3) is 10.8 Å². The Morgan fingerprint density at radius 3 is 2.31 bits per heavy atom. The standard InChI is InChI=1S/C29H28Cl3N3O/c30-21-12-10-20(11-13-21)19-28-23-6-1-2-7-24(23)29(36)35(33-28)22-5-4-16-34(17-14-22)18-15-25-26(31)8-3-9-27(25)32/h1-3,6-13,22H,4-5,14-19H2. The first kappa shape index (κ1) is 25.3. The number of likely N-dealkylation sites (tertiary alicyclic amines) is 1. The number of hydrogen-bond acceptors (Lipinski definition) is 3. The lowest BCUT2D eigenvalue weighted by molar-refractivity contribution is 0.281. The largest absolute Gasteiger partial charge is 0.303 e. The van der Waals surface area contributed by atoms with Crippen LogP contribution in [0.5, 0.6) is 0 Å². The Bertz CT molecular complexity index is 1400. The predicted octanol–water partition coefficient (Wildman–Crippen LogP) is 7.22. The van der Waals surface area contributed by atoms with Gasteiger partial charge in [0.15, 0.2) is 0 Å². The minimum Gasteiger partial charge on any atom is -0.303 e. The van der Waals surface area contributed by atoms with Gasteiger partial charge in [0, 0.05) is 40.0 Å². The summed E-state index contributed by atoms with van der Waals surface area (Å²) in [5.74, 6) is 0. The van der Waals surface area contributed by atoms with Gasteiger partial charge in [-0.2, -0.15) is 5.10 Å². The van der Waals surface area contributed by atoms with Crippen LogP contribution in [-0.2, 0) is 12.8 Å². The molecular formula is C29H28Cl3N3O. The summed E-state index contributed by atoms with van der Waals surface area (Å²) in [5.41, 5.74) is 3.03. The van der Waals surface area contributed by atoms with Crippen LogP contribution < -0.4 is 5.56 Å². The molecule has 0 radical (unpaired) electrons. The maximum absolute atomic E-state index is 13.5. The first-order valence-corrected chi connectivity index (χ1v) is 13.5. The molecule has 1 fully saturated rings. The normalized spacial score (nSPS) is 16.8. The molecule has 4 nitrogen and oxygen atoms in total. The lowest BCUT2D eigenvalue weighted by Crippen LogP contribution is -2.30. The van der Waals surface area contributed by atoms with Crippen molar-refractivity contribution in [3.63, 3.8) is 0 Å². The Morgan fingerprint density at radius 2 is 1.56 bits per heavy atom. The number of rotatable bonds is 6. The molecule has 2 heterocycles. The Hall–Kier alpha value is -2.37. The van der Waals surface area contributed by atoms with Gasteiger partial charge in [-0.25, -0.2) is 4.68 Å². The van der Waals surface area contributed by atoms with Crippen molar-refractivity contribution in [2.24, 2.45) is 0 Å². The van der Waals surface area contributed by atoms with Crippen LogP contribution in [0.3, 0.4) is 0 Å². The van der Waals surface area contributed by atoms with Crippen LogP contribution >= 0.6 is 34.8 Å². The lowest BCUT2D eigenvalue weighted by Gasteiger charge is -2.21. The average molecular weight is 541 g/mol. The zero-order valence-electron chi connectivity index (χ0n) is 20.0. The molecule has 4 aromatic rings. The highest BCUT2D eigenvalue weighted by Crippen LogP contribution is 2.27. The highest BCUT2D eigenvalue weighted by atomic mass is 35.5. The van der Waals surface area contributed by atoms with Crippen molar-refractivity contribution in [2.45, 2.75) is 38.1 Å². The number of hydrogen-bond donors (Lipinski definition) is 0. The summed E-state index contributed by atoms with van der Waals surface area (Å²) in [6, 6.07) is 21.3. The predicted molar refractivity (Wildman–Crippen MR) is 150 cm³/mol. The van der Waals surface area contributed by atoms with Crippen molar-refractivity contribution in [1.29, 1.82) is 0 Å². The summed E-state index contributed by atoms with van der Waals surface area (Å²) in [5, 5.41) is 8.73. The molecular weight excluding hydrogens is 513 g/mol. The van der Waals surface area contributed by atoms with E-state index in [1.165, 1.54) is 0 Å². The molecule has 5 rings (SSSR count). The minimum atomic E-state index is -0.00763. The Kier molecular flexibility index (Phi) is 7.97. The second-order valence-electron chi connectivity index (χ2n) is 9.42. The minimum absolute atomic E-state index is 0.00763. The molecule has 1 saturated heterocycles. The fraction of sp³-hybridized carbons (Fsp3) is 0.310. The van der Waals surface area contributed by atoms with E-state index in [1.54, 1.807) is 4.68 Å². The van der Waals surface area contributed by atoms with E-state index < -0.39 is 0 Å². The van der Waals surface area contributed by atoms with Crippen molar-refractivity contribution in [2.75, 3.05) is 19.6 Å². The Morgan fingerprint density at radius 1 is 0.833 bits per heavy atom. The molecule has 0 spiro atoms. The summed E-state index contributed by atoms with van der Waals surface area (Å²) in [6.07, 6.45) is 4.27. The first-order valence-electron chi connectivity index (χ1n) is 12.4. The van der Waals surface area contributed by atoms with Gasteiger partial charge in [-0.1, -0.05) is 71.2 Å². The maximum atomic E-state index is 13.5. The fourth-order valence-corrected chi connectivity index (χ4v) is 5.81. The van der Waals surface area contributed by atoms with E-state index in [9.17, 15) is 4.79 Å². The van der Waals surface area contributed by atoms with Crippen LogP contribution in [0.1, 0.15) is 42.1 Å². The molecule has 0 aliphatic carbocycles. The summed E-state index contributed by atoms with van der Waals surface area (Å²) in [7, 11) is 0. The summed E-state index contributed by atoms with van der Waals surface area (Å²) < 4.78 is 1.75. The number of nitrogens with zero attached hydrogens (tertiary/aromatic N) is 3. The van der Waals surface area contributed by atoms with Gasteiger partial charge in [0.1, 0.15) is 0 Å². The SMILES string of the molecule is O=c1c2ccccc2c(Cc2ccc(Cl)cc2)nn1C1CCCN(CCc2c(Cl)cccc2Cl)CC1. The second kappa shape index (κ2) is 11.4. The number of halogens is 3. The van der Waals surface area contributed by atoms with E-state index in [4.69, 9.17) is 39.9 Å². The smallest absolute Gasteiger partial charge is 0.274 e. The fourth-order valence-electron chi connectivity index (χ4n) is 5.10. The van der Waals surface area contributed by atoms with Gasteiger partial charge in [0.25, 0.3) is 5.56 Å². The van der Waals surface area contributed by atoms with Crippen LogP contribution in [0, 0.1) is 0 Å². The molecule has 0 saturated carbocycles. The molecule has 3 aromatic carbocycles. The molecule has 1 atom stereocenters. The quantitative estimate of drug-likeness (QED) is 0.259. The summed E-state index contributed by atoms with van der Waals surface area (Å²) in [4.78, 5) is 15.9. The van der Waals surface area contributed by atoms with Gasteiger partial charge in [-0.15, -0.1) is 0 Å². The lowest BCUT2D eigenvalue weighted by atomic mass is 10.0. The third-order valence-corrected chi connectivity index (χ3v) is 8.03. The molecule has 0 bridgehead atoms. The van der Waals surface area contributed by atoms with Gasteiger partial charge in [-0.05, 0) is 73.7 Å². The third kappa shape index (κ3) is 5.63. The topological polar surface area (TPSA) is 38.1 Å². The van der Waals surface area contributed by atoms with Crippen molar-refractivity contribution in [1.82, 2.24) is 14.7 Å². The van der Waals surface area contributed by atoms with Crippen molar-refractivity contribution in [3.8, 4) is 0 Å². The van der Waals surface area contributed by atoms with E-state index in [-0.39, 0.29) is 11.6 Å². The number of fused-ring (bicyclic) bond motifs is 1. The van der Waals surface area contributed by atoms with E-state index in [1.807, 2.05) is 66.7 Å². The van der Waals surface area contributed by atoms with Crippen molar-refractivity contribution < 1.29 is 0 Å². The first-order chi connectivity index (χ1) is 17.5. The molecule has 1 aliphatic heterocycles. The van der Waals surface area contributed by atoms with Gasteiger partial charge in [0.2, 0.25) is 0 Å². The van der Waals surface area contributed by atoms with Crippen LogP contribution in [0.2, 0.25) is 15.1 Å². The van der Waals surface area contributed by atoms with E-state index in [2.05, 4.69) is 4.90 Å². The molecule has 0 N–H and O–H groups in total. The second-order valence-corrected chi connectivity index (χ2v) is 10.7. The average Bonchev–Trinajstić information content (AvgIpc) is 3.12. The highest BCUT2D eigenvalue weighted by Gasteiger charge is 2.22. The number of aromatic nitrogens is 2. The molecule has 1 unspecified atom stereocenters. The van der Waals surface area contributed by atoms with Gasteiger partial charge < -0.3 is 4.90 Å². The highest BCUT2D eigenvalue weighted by molar-refractivity contribution is 6.36. The van der Waals surface area contributed by atoms with Crippen LogP contribution in [0.15, 0.2) is 71.5 Å². The van der Waals surface area contributed by atoms with E-state index in [0.29, 0.717) is 11.4 Å². The molecule has 0 amide bonds. The van der Waals surface area contributed by atoms with Gasteiger partial charge in [-0.3, -0.25) is 4.79 Å². The van der Waals surface area contributed by atoms with E-state index >= 15 is 0 Å². The van der Waals surface area contributed by atoms with E-state index in [0.717, 1.165) is 83.0 Å². The Balaban J connectivity index is 1.36. The van der Waals surface area contributed by atoms with Crippen molar-refractivity contribution in [3.05, 3.63) is 109 Å². The maximum Gasteiger partial charge on any atom is 0.274 e. The van der Waals surface area contributed by atoms with Gasteiger partial charge in [0.05, 0.1) is 17.1 Å². The summed E-state index contributed by atoms with van der Waals surface area (Å²) in [6.45, 7) is 2.77. The van der Waals surface area contributed by atoms with Crippen LogP contribution in [-0.4, -0.2) is 34.3 Å². The third-order valence-electron chi connectivity index (χ3n) is 7.07. The van der Waals surface area contributed by atoms with Crippen molar-refractivity contribution >= 4 is 45.6 Å². The zero-order chi connectivity index (χ0) is 25.1. The number of benzene rings is 3. The molecule has 36 heavy (non-hydrogen) atoms. The zero-order valence-corrected chi connectivity index (χ0v) is 22.2. The molecule has 1 aliphatic rings. The van der Waals surface area contributed by atoms with Gasteiger partial charge >= 0.3 is 0 Å². The molecule has 1 aromatic heterocycles. The monoisotopic (exact) mass is 539 g/mol. The summed E-state index contributed by atoms with van der Waals surface area (Å²) >= 11 is 18.8.